The van der Waals surface area contributed by atoms with Gasteiger partial charge in [-0.05, 0) is 31.4 Å². The van der Waals surface area contributed by atoms with Gasteiger partial charge in [0.1, 0.15) is 13.2 Å². The largest absolute Gasteiger partial charge is 0.486 e. The third-order valence-electron chi connectivity index (χ3n) is 3.65. The van der Waals surface area contributed by atoms with Crippen molar-refractivity contribution in [2.75, 3.05) is 18.5 Å². The van der Waals surface area contributed by atoms with Gasteiger partial charge in [0, 0.05) is 23.7 Å². The Morgan fingerprint density at radius 3 is 2.65 bits per heavy atom. The highest BCUT2D eigenvalue weighted by Crippen LogP contribution is 2.33. The van der Waals surface area contributed by atoms with E-state index in [1.807, 2.05) is 12.1 Å². The number of nitrogens with one attached hydrogen (secondary N) is 1. The number of benzene rings is 1. The molecule has 0 saturated heterocycles. The second kappa shape index (κ2) is 6.33. The quantitative estimate of drug-likeness (QED) is 0.875. The van der Waals surface area contributed by atoms with Gasteiger partial charge < -0.3 is 20.5 Å². The number of nitrogens with two attached hydrogens (primary N) is 1. The highest BCUT2D eigenvalue weighted by atomic mass is 35.5. The Kier molecular flexibility index (Phi) is 4.73. The van der Waals surface area contributed by atoms with Gasteiger partial charge in [0.2, 0.25) is 5.91 Å². The first kappa shape index (κ1) is 14.9. The van der Waals surface area contributed by atoms with Crippen LogP contribution in [0.4, 0.5) is 5.69 Å². The maximum absolute atomic E-state index is 12.1. The number of hydrogen-bond donors (Lipinski definition) is 2. The van der Waals surface area contributed by atoms with Crippen molar-refractivity contribution in [1.82, 2.24) is 0 Å². The fourth-order valence-corrected chi connectivity index (χ4v) is 2.62. The standard InChI is InChI=1S/C14H18N2O3.ClH/c15-10-2-1-9(7-10)14(17)16-11-3-4-12-13(8-11)19-6-5-18-12;/h3-4,8-10H,1-2,5-7,15H2,(H,16,17);1H. The third-order valence-corrected chi connectivity index (χ3v) is 3.65. The molecule has 1 aromatic carbocycles. The lowest BCUT2D eigenvalue weighted by molar-refractivity contribution is -0.119. The van der Waals surface area contributed by atoms with E-state index in [0.29, 0.717) is 19.0 Å². The van der Waals surface area contributed by atoms with Gasteiger partial charge in [-0.25, -0.2) is 0 Å². The Hall–Kier alpha value is -1.46. The van der Waals surface area contributed by atoms with Crippen LogP contribution in [0.3, 0.4) is 0 Å². The zero-order chi connectivity index (χ0) is 13.2. The summed E-state index contributed by atoms with van der Waals surface area (Å²) < 4.78 is 10.9. The summed E-state index contributed by atoms with van der Waals surface area (Å²) in [7, 11) is 0. The lowest BCUT2D eigenvalue weighted by Gasteiger charge is -2.19. The minimum Gasteiger partial charge on any atom is -0.486 e. The molecule has 20 heavy (non-hydrogen) atoms. The molecule has 110 valence electrons. The van der Waals surface area contributed by atoms with E-state index >= 15 is 0 Å². The van der Waals surface area contributed by atoms with Gasteiger partial charge in [0.05, 0.1) is 0 Å². The Balaban J connectivity index is 0.00000147. The molecule has 1 fully saturated rings. The first-order valence-corrected chi connectivity index (χ1v) is 6.68. The van der Waals surface area contributed by atoms with Crippen molar-refractivity contribution in [3.05, 3.63) is 18.2 Å². The number of anilines is 1. The number of ether oxygens (including phenoxy) is 2. The molecule has 6 heteroatoms. The smallest absolute Gasteiger partial charge is 0.227 e. The predicted molar refractivity (Wildman–Crippen MR) is 78.6 cm³/mol. The molecule has 1 amide bonds. The number of halogens is 1. The summed E-state index contributed by atoms with van der Waals surface area (Å²) >= 11 is 0. The van der Waals surface area contributed by atoms with Crippen molar-refractivity contribution < 1.29 is 14.3 Å². The minimum atomic E-state index is 0. The summed E-state index contributed by atoms with van der Waals surface area (Å²) in [5, 5.41) is 2.92. The molecule has 1 aliphatic heterocycles. The molecule has 1 aliphatic carbocycles. The van der Waals surface area contributed by atoms with Gasteiger partial charge in [-0.2, -0.15) is 0 Å². The highest BCUT2D eigenvalue weighted by molar-refractivity contribution is 5.93. The Labute approximate surface area is 124 Å². The van der Waals surface area contributed by atoms with E-state index < -0.39 is 0 Å². The van der Waals surface area contributed by atoms with Gasteiger partial charge in [-0.1, -0.05) is 0 Å². The van der Waals surface area contributed by atoms with Crippen LogP contribution in [-0.4, -0.2) is 25.2 Å². The molecule has 3 rings (SSSR count). The maximum atomic E-state index is 12.1. The monoisotopic (exact) mass is 298 g/mol. The van der Waals surface area contributed by atoms with Crippen LogP contribution in [0.15, 0.2) is 18.2 Å². The van der Waals surface area contributed by atoms with E-state index in [1.165, 1.54) is 0 Å². The van der Waals surface area contributed by atoms with Gasteiger partial charge in [-0.15, -0.1) is 12.4 Å². The molecule has 0 spiro atoms. The van der Waals surface area contributed by atoms with Crippen molar-refractivity contribution in [3.8, 4) is 11.5 Å². The van der Waals surface area contributed by atoms with Gasteiger partial charge in [0.15, 0.2) is 11.5 Å². The van der Waals surface area contributed by atoms with Gasteiger partial charge in [0.25, 0.3) is 0 Å². The van der Waals surface area contributed by atoms with Crippen LogP contribution in [0.5, 0.6) is 11.5 Å². The maximum Gasteiger partial charge on any atom is 0.227 e. The number of rotatable bonds is 2. The Morgan fingerprint density at radius 1 is 1.20 bits per heavy atom. The van der Waals surface area contributed by atoms with Crippen molar-refractivity contribution in [2.45, 2.75) is 25.3 Å². The number of hydrogen-bond acceptors (Lipinski definition) is 4. The van der Waals surface area contributed by atoms with Crippen LogP contribution in [0, 0.1) is 5.92 Å². The van der Waals surface area contributed by atoms with Crippen molar-refractivity contribution in [3.63, 3.8) is 0 Å². The molecule has 2 atom stereocenters. The van der Waals surface area contributed by atoms with Crippen LogP contribution < -0.4 is 20.5 Å². The fourth-order valence-electron chi connectivity index (χ4n) is 2.62. The lowest BCUT2D eigenvalue weighted by Crippen LogP contribution is -2.23. The zero-order valence-corrected chi connectivity index (χ0v) is 11.9. The molecule has 2 unspecified atom stereocenters. The molecule has 5 nitrogen and oxygen atoms in total. The predicted octanol–water partition coefficient (Wildman–Crippen LogP) is 1.95. The van der Waals surface area contributed by atoms with Gasteiger partial charge in [-0.3, -0.25) is 4.79 Å². The van der Waals surface area contributed by atoms with Crippen LogP contribution in [0.2, 0.25) is 0 Å². The fraction of sp³-hybridized carbons (Fsp3) is 0.500. The number of carbonyl (C=O) groups is 1. The summed E-state index contributed by atoms with van der Waals surface area (Å²) in [6.07, 6.45) is 2.58. The van der Waals surface area contributed by atoms with Crippen molar-refractivity contribution >= 4 is 24.0 Å². The number of carbonyl (C=O) groups excluding carboxylic acids is 1. The molecule has 1 aromatic rings. The van der Waals surface area contributed by atoms with E-state index in [9.17, 15) is 4.79 Å². The zero-order valence-electron chi connectivity index (χ0n) is 11.1. The molecule has 3 N–H and O–H groups in total. The molecular formula is C14H19ClN2O3. The first-order valence-electron chi connectivity index (χ1n) is 6.68. The van der Waals surface area contributed by atoms with E-state index in [1.54, 1.807) is 6.07 Å². The SMILES string of the molecule is Cl.NC1CCC(C(=O)Nc2ccc3c(c2)OCCO3)C1. The molecular weight excluding hydrogens is 280 g/mol. The summed E-state index contributed by atoms with van der Waals surface area (Å²) in [6, 6.07) is 5.63. The van der Waals surface area contributed by atoms with E-state index in [0.717, 1.165) is 30.7 Å². The average Bonchev–Trinajstić information content (AvgIpc) is 2.85. The topological polar surface area (TPSA) is 73.6 Å². The van der Waals surface area contributed by atoms with Gasteiger partial charge >= 0.3 is 0 Å². The summed E-state index contributed by atoms with van der Waals surface area (Å²) in [5.41, 5.74) is 6.58. The number of fused-ring (bicyclic) bond motifs is 1. The van der Waals surface area contributed by atoms with Crippen LogP contribution >= 0.6 is 12.4 Å². The Morgan fingerprint density at radius 2 is 1.95 bits per heavy atom. The average molecular weight is 299 g/mol. The summed E-state index contributed by atoms with van der Waals surface area (Å²) in [6.45, 7) is 1.11. The normalized spacial score (nSPS) is 23.9. The second-order valence-corrected chi connectivity index (χ2v) is 5.12. The molecule has 1 heterocycles. The minimum absolute atomic E-state index is 0. The van der Waals surface area contributed by atoms with Crippen LogP contribution in [0.1, 0.15) is 19.3 Å². The third kappa shape index (κ3) is 3.16. The van der Waals surface area contributed by atoms with E-state index in [-0.39, 0.29) is 30.3 Å². The highest BCUT2D eigenvalue weighted by Gasteiger charge is 2.27. The van der Waals surface area contributed by atoms with Crippen LogP contribution in [0.25, 0.3) is 0 Å². The van der Waals surface area contributed by atoms with Crippen molar-refractivity contribution in [1.29, 1.82) is 0 Å². The molecule has 0 bridgehead atoms. The lowest BCUT2D eigenvalue weighted by atomic mass is 10.1. The van der Waals surface area contributed by atoms with E-state index in [4.69, 9.17) is 15.2 Å². The van der Waals surface area contributed by atoms with Crippen LogP contribution in [-0.2, 0) is 4.79 Å². The number of amides is 1. The first-order chi connectivity index (χ1) is 9.22. The molecule has 0 aromatic heterocycles. The van der Waals surface area contributed by atoms with E-state index in [2.05, 4.69) is 5.32 Å². The molecule has 2 aliphatic rings. The Bertz CT molecular complexity index is 495. The molecule has 0 radical (unpaired) electrons. The summed E-state index contributed by atoms with van der Waals surface area (Å²) in [5.74, 6) is 1.49. The molecule has 1 saturated carbocycles. The van der Waals surface area contributed by atoms with Crippen molar-refractivity contribution in [2.24, 2.45) is 11.7 Å². The summed E-state index contributed by atoms with van der Waals surface area (Å²) in [4.78, 5) is 12.1. The second-order valence-electron chi connectivity index (χ2n) is 5.12.